The number of rotatable bonds is 1. The maximum atomic E-state index is 6.74. The van der Waals surface area contributed by atoms with Gasteiger partial charge in [-0.2, -0.15) is 0 Å². The summed E-state index contributed by atoms with van der Waals surface area (Å²) in [6.45, 7) is 13.7. The van der Waals surface area contributed by atoms with E-state index in [1.807, 2.05) is 11.3 Å². The highest BCUT2D eigenvalue weighted by molar-refractivity contribution is 7.27. The Kier molecular flexibility index (Phi) is 6.52. The van der Waals surface area contributed by atoms with E-state index in [4.69, 9.17) is 8.83 Å². The van der Waals surface area contributed by atoms with Crippen LogP contribution in [0.2, 0.25) is 0 Å². The average Bonchev–Trinajstić information content (AvgIpc) is 4.02. The van der Waals surface area contributed by atoms with Crippen LogP contribution in [0.25, 0.3) is 103 Å². The van der Waals surface area contributed by atoms with Gasteiger partial charge < -0.3 is 18.2 Å². The summed E-state index contributed by atoms with van der Waals surface area (Å²) in [6, 6.07) is 52.2. The highest BCUT2D eigenvalue weighted by atomic mass is 32.1. The Morgan fingerprint density at radius 1 is 0.516 bits per heavy atom. The molecule has 0 aliphatic carbocycles. The smallest absolute Gasteiger partial charge is 0.333 e. The van der Waals surface area contributed by atoms with Crippen molar-refractivity contribution in [3.63, 3.8) is 0 Å². The van der Waals surface area contributed by atoms with E-state index in [2.05, 4.69) is 190 Å². The number of fused-ring (bicyclic) bond motifs is 19. The Morgan fingerprint density at radius 3 is 1.82 bits per heavy atom. The van der Waals surface area contributed by atoms with Crippen molar-refractivity contribution in [2.75, 3.05) is 4.81 Å². The van der Waals surface area contributed by atoms with E-state index in [-0.39, 0.29) is 17.7 Å². The summed E-state index contributed by atoms with van der Waals surface area (Å²) in [4.78, 5) is 2.63. The predicted molar refractivity (Wildman–Crippen MR) is 265 cm³/mol. The minimum absolute atomic E-state index is 0.0164. The molecule has 4 nitrogen and oxygen atoms in total. The molecule has 0 bridgehead atoms. The van der Waals surface area contributed by atoms with Gasteiger partial charge >= 0.3 is 6.85 Å². The lowest BCUT2D eigenvalue weighted by Gasteiger charge is -2.42. The second-order valence-corrected chi connectivity index (χ2v) is 20.7. The van der Waals surface area contributed by atoms with E-state index in [1.165, 1.54) is 75.2 Å². The SMILES string of the molecule is CC(C)(C)c1ccc(N2B3c4cc5c(cc4-n4c6ccc(C(C)(C)C)cc6c6c7c(sc8ccccc87)c(c3c64)-c3cc4c(cc32)oc2ccccc24)oc2ccccc25)cc1. The Hall–Kier alpha value is -6.76. The van der Waals surface area contributed by atoms with Gasteiger partial charge in [-0.3, -0.25) is 0 Å². The minimum Gasteiger partial charge on any atom is -0.456 e. The lowest BCUT2D eigenvalue weighted by atomic mass is 9.43. The van der Waals surface area contributed by atoms with Gasteiger partial charge in [0, 0.05) is 92.8 Å². The van der Waals surface area contributed by atoms with Gasteiger partial charge in [-0.25, -0.2) is 0 Å². The van der Waals surface area contributed by atoms with Crippen LogP contribution in [-0.4, -0.2) is 11.4 Å². The number of benzene rings is 8. The van der Waals surface area contributed by atoms with Crippen LogP contribution in [0.15, 0.2) is 148 Å². The molecule has 0 saturated carbocycles. The number of aromatic nitrogens is 1. The summed E-state index contributed by atoms with van der Waals surface area (Å²) in [5.74, 6) is 0. The van der Waals surface area contributed by atoms with E-state index in [0.29, 0.717) is 0 Å². The molecule has 0 atom stereocenters. The second-order valence-electron chi connectivity index (χ2n) is 19.7. The number of furan rings is 2. The first kappa shape index (κ1) is 34.9. The van der Waals surface area contributed by atoms with E-state index < -0.39 is 0 Å². The molecule has 4 aromatic heterocycles. The molecular weight excluding hydrogens is 776 g/mol. The molecule has 0 spiro atoms. The first-order valence-corrected chi connectivity index (χ1v) is 22.6. The van der Waals surface area contributed by atoms with Gasteiger partial charge in [0.15, 0.2) is 0 Å². The van der Waals surface area contributed by atoms with E-state index >= 15 is 0 Å². The molecular formula is C56H41BN2O2S. The van der Waals surface area contributed by atoms with Crippen LogP contribution in [0.5, 0.6) is 0 Å². The Labute approximate surface area is 362 Å². The monoisotopic (exact) mass is 816 g/mol. The molecule has 0 fully saturated rings. The van der Waals surface area contributed by atoms with Crippen LogP contribution in [0.4, 0.5) is 11.4 Å². The van der Waals surface area contributed by atoms with Gasteiger partial charge in [0.2, 0.25) is 0 Å². The van der Waals surface area contributed by atoms with Crippen molar-refractivity contribution in [3.8, 4) is 16.8 Å². The number of thiophene rings is 1. The zero-order chi connectivity index (χ0) is 41.6. The molecule has 2 aliphatic rings. The Morgan fingerprint density at radius 2 is 1.13 bits per heavy atom. The summed E-state index contributed by atoms with van der Waals surface area (Å²) in [5.41, 5.74) is 17.4. The zero-order valence-electron chi connectivity index (χ0n) is 35.5. The standard InChI is InChI=1S/C56H41BN2O2S/c1-55(2,3)30-19-22-32(23-20-30)59-42-28-46-36(33-13-7-10-16-44(33)60-46)26-39(42)51-52-53-49(50-35-15-9-12-18-48(35)62-54(50)51)38-25-31(56(4,5)6)21-24-41(38)58(53)43-29-47-37(27-40(43)57(52)59)34-14-8-11-17-45(34)61-47/h7-29H,1-6H3. The Bertz CT molecular complexity index is 3960. The van der Waals surface area contributed by atoms with E-state index in [1.54, 1.807) is 0 Å². The molecule has 6 heteroatoms. The largest absolute Gasteiger partial charge is 0.456 e. The van der Waals surface area contributed by atoms with Crippen LogP contribution >= 0.6 is 11.3 Å². The topological polar surface area (TPSA) is 34.5 Å². The third kappa shape index (κ3) is 4.42. The van der Waals surface area contributed by atoms with Gasteiger partial charge in [0.05, 0.1) is 11.0 Å². The molecule has 0 unspecified atom stereocenters. The van der Waals surface area contributed by atoms with Gasteiger partial charge in [0.25, 0.3) is 0 Å². The third-order valence-corrected chi connectivity index (χ3v) is 15.2. The number of hydrogen-bond donors (Lipinski definition) is 0. The van der Waals surface area contributed by atoms with Gasteiger partial charge in [-0.15, -0.1) is 11.3 Å². The molecule has 0 saturated heterocycles. The maximum absolute atomic E-state index is 6.74. The zero-order valence-corrected chi connectivity index (χ0v) is 36.3. The number of nitrogens with zero attached hydrogens (tertiary/aromatic N) is 2. The maximum Gasteiger partial charge on any atom is 0.333 e. The van der Waals surface area contributed by atoms with Crippen molar-refractivity contribution < 1.29 is 8.83 Å². The average molecular weight is 817 g/mol. The molecule has 0 amide bonds. The molecule has 2 aliphatic heterocycles. The van der Waals surface area contributed by atoms with Crippen molar-refractivity contribution in [2.45, 2.75) is 52.4 Å². The van der Waals surface area contributed by atoms with Crippen LogP contribution < -0.4 is 15.7 Å². The van der Waals surface area contributed by atoms with Crippen LogP contribution in [0.3, 0.4) is 0 Å². The third-order valence-electron chi connectivity index (χ3n) is 14.1. The molecule has 14 rings (SSSR count). The molecule has 296 valence electrons. The first-order valence-electron chi connectivity index (χ1n) is 21.8. The van der Waals surface area contributed by atoms with Gasteiger partial charge in [0.1, 0.15) is 22.3 Å². The molecule has 0 N–H and O–H groups in total. The van der Waals surface area contributed by atoms with Crippen molar-refractivity contribution >= 4 is 126 Å². The predicted octanol–water partition coefficient (Wildman–Crippen LogP) is 14.8. The van der Waals surface area contributed by atoms with Crippen LogP contribution in [0, 0.1) is 0 Å². The van der Waals surface area contributed by atoms with Crippen molar-refractivity contribution in [2.24, 2.45) is 0 Å². The van der Waals surface area contributed by atoms with Crippen molar-refractivity contribution in [3.05, 3.63) is 151 Å². The highest BCUT2D eigenvalue weighted by Gasteiger charge is 2.46. The van der Waals surface area contributed by atoms with E-state index in [9.17, 15) is 0 Å². The van der Waals surface area contributed by atoms with Crippen LogP contribution in [-0.2, 0) is 10.8 Å². The number of anilines is 2. The fourth-order valence-corrected chi connectivity index (χ4v) is 12.4. The number of hydrogen-bond acceptors (Lipinski definition) is 4. The molecule has 8 aromatic carbocycles. The summed E-state index contributed by atoms with van der Waals surface area (Å²) >= 11 is 1.94. The first-order chi connectivity index (χ1) is 30.0. The number of para-hydroxylation sites is 2. The fraction of sp³-hybridized carbons (Fsp3) is 0.143. The quantitative estimate of drug-likeness (QED) is 0.155. The summed E-state index contributed by atoms with van der Waals surface area (Å²) < 4.78 is 18.7. The van der Waals surface area contributed by atoms with Crippen LogP contribution in [0.1, 0.15) is 52.7 Å². The molecule has 0 radical (unpaired) electrons. The summed E-state index contributed by atoms with van der Waals surface area (Å²) in [5, 5.41) is 9.82. The van der Waals surface area contributed by atoms with E-state index in [0.717, 1.165) is 60.9 Å². The molecule has 6 heterocycles. The molecule has 12 aromatic rings. The van der Waals surface area contributed by atoms with Gasteiger partial charge in [-0.1, -0.05) is 120 Å². The molecule has 62 heavy (non-hydrogen) atoms. The van der Waals surface area contributed by atoms with Gasteiger partial charge in [-0.05, 0) is 81.4 Å². The highest BCUT2D eigenvalue weighted by Crippen LogP contribution is 2.54. The lowest BCUT2D eigenvalue weighted by molar-refractivity contribution is 0.590. The minimum atomic E-state index is -0.163. The second kappa shape index (κ2) is 11.6. The van der Waals surface area contributed by atoms with Crippen molar-refractivity contribution in [1.29, 1.82) is 0 Å². The normalized spacial score (nSPS) is 13.9. The summed E-state index contributed by atoms with van der Waals surface area (Å²) in [7, 11) is 0. The lowest BCUT2D eigenvalue weighted by Crippen LogP contribution is -2.60. The van der Waals surface area contributed by atoms with Crippen molar-refractivity contribution in [1.82, 2.24) is 4.57 Å². The Balaban J connectivity index is 1.24. The summed E-state index contributed by atoms with van der Waals surface area (Å²) in [6.07, 6.45) is 0. The fourth-order valence-electron chi connectivity index (χ4n) is 11.1.